The van der Waals surface area contributed by atoms with Crippen molar-refractivity contribution >= 4 is 17.3 Å². The lowest BCUT2D eigenvalue weighted by Gasteiger charge is -2.38. The second kappa shape index (κ2) is 6.83. The maximum absolute atomic E-state index is 13.4. The Balaban J connectivity index is 1.81. The number of amides is 1. The van der Waals surface area contributed by atoms with Crippen LogP contribution in [-0.2, 0) is 0 Å². The van der Waals surface area contributed by atoms with Crippen molar-refractivity contribution in [1.29, 1.82) is 0 Å². The van der Waals surface area contributed by atoms with Crippen molar-refractivity contribution in [2.24, 2.45) is 0 Å². The second-order valence-corrected chi connectivity index (χ2v) is 6.73. The highest BCUT2D eigenvalue weighted by Crippen LogP contribution is 2.38. The lowest BCUT2D eigenvalue weighted by Crippen LogP contribution is -2.43. The number of rotatable bonds is 4. The van der Waals surface area contributed by atoms with Gasteiger partial charge in [-0.3, -0.25) is 9.69 Å². The Morgan fingerprint density at radius 1 is 1.07 bits per heavy atom. The van der Waals surface area contributed by atoms with E-state index in [1.165, 1.54) is 0 Å². The Morgan fingerprint density at radius 2 is 1.81 bits per heavy atom. The Hall–Kier alpha value is -3.21. The molecule has 0 fully saturated rings. The normalized spacial score (nSPS) is 16.0. The van der Waals surface area contributed by atoms with E-state index in [4.69, 9.17) is 4.74 Å². The van der Waals surface area contributed by atoms with Gasteiger partial charge in [0.1, 0.15) is 11.9 Å². The van der Waals surface area contributed by atoms with Gasteiger partial charge in [0.15, 0.2) is 0 Å². The third-order valence-corrected chi connectivity index (χ3v) is 4.84. The Bertz CT molecular complexity index is 975. The zero-order chi connectivity index (χ0) is 19.0. The average Bonchev–Trinajstić information content (AvgIpc) is 3.01. The second-order valence-electron chi connectivity index (χ2n) is 6.73. The lowest BCUT2D eigenvalue weighted by atomic mass is 10.0. The van der Waals surface area contributed by atoms with Gasteiger partial charge in [-0.15, -0.1) is 0 Å². The van der Waals surface area contributed by atoms with Crippen molar-refractivity contribution in [2.45, 2.75) is 26.9 Å². The number of hydrogen-bond acceptors (Lipinski definition) is 3. The molecule has 1 aromatic heterocycles. The Morgan fingerprint density at radius 3 is 2.48 bits per heavy atom. The first kappa shape index (κ1) is 17.2. The maximum atomic E-state index is 13.4. The summed E-state index contributed by atoms with van der Waals surface area (Å²) in [7, 11) is 0. The first-order valence-electron chi connectivity index (χ1n) is 9.16. The molecule has 2 heterocycles. The van der Waals surface area contributed by atoms with Gasteiger partial charge < -0.3 is 15.0 Å². The van der Waals surface area contributed by atoms with E-state index >= 15 is 0 Å². The molecule has 2 aromatic carbocycles. The molecule has 0 aliphatic carbocycles. The number of H-pyrrole nitrogens is 1. The average molecular weight is 361 g/mol. The minimum absolute atomic E-state index is 0.0169. The van der Waals surface area contributed by atoms with E-state index in [9.17, 15) is 4.79 Å². The van der Waals surface area contributed by atoms with Crippen molar-refractivity contribution in [3.8, 4) is 5.75 Å². The molecule has 1 aliphatic rings. The molecule has 27 heavy (non-hydrogen) atoms. The summed E-state index contributed by atoms with van der Waals surface area (Å²) in [6, 6.07) is 17.4. The van der Waals surface area contributed by atoms with Gasteiger partial charge in [-0.1, -0.05) is 12.1 Å². The molecule has 5 heteroatoms. The van der Waals surface area contributed by atoms with Crippen LogP contribution in [0.4, 0.5) is 11.4 Å². The fourth-order valence-electron chi connectivity index (χ4n) is 3.64. The minimum Gasteiger partial charge on any atom is -0.494 e. The van der Waals surface area contributed by atoms with Gasteiger partial charge in [-0.2, -0.15) is 0 Å². The van der Waals surface area contributed by atoms with Gasteiger partial charge in [-0.05, 0) is 63.2 Å². The third kappa shape index (κ3) is 3.05. The van der Waals surface area contributed by atoms with Gasteiger partial charge in [0.2, 0.25) is 0 Å². The summed E-state index contributed by atoms with van der Waals surface area (Å²) in [5.74, 6) is 0.779. The van der Waals surface area contributed by atoms with Crippen molar-refractivity contribution in [1.82, 2.24) is 4.98 Å². The molecule has 2 N–H and O–H groups in total. The van der Waals surface area contributed by atoms with Crippen molar-refractivity contribution in [2.75, 3.05) is 16.8 Å². The fourth-order valence-corrected chi connectivity index (χ4v) is 3.64. The van der Waals surface area contributed by atoms with Crippen LogP contribution in [0.2, 0.25) is 0 Å². The number of para-hydroxylation sites is 1. The molecular formula is C22H23N3O2. The van der Waals surface area contributed by atoms with E-state index < -0.39 is 0 Å². The number of aromatic nitrogens is 1. The summed E-state index contributed by atoms with van der Waals surface area (Å²) in [5.41, 5.74) is 5.54. The summed E-state index contributed by atoms with van der Waals surface area (Å²) in [6.07, 6.45) is -0.282. The van der Waals surface area contributed by atoms with Gasteiger partial charge in [0.25, 0.3) is 5.91 Å². The first-order chi connectivity index (χ1) is 13.1. The van der Waals surface area contributed by atoms with E-state index in [-0.39, 0.29) is 12.1 Å². The molecule has 3 aromatic rings. The first-order valence-corrected chi connectivity index (χ1v) is 9.16. The number of aryl methyl sites for hydroxylation is 2. The number of ether oxygens (including phenoxy) is 1. The zero-order valence-electron chi connectivity index (χ0n) is 15.7. The van der Waals surface area contributed by atoms with Crippen LogP contribution in [0.1, 0.15) is 40.4 Å². The SMILES string of the molecule is CCOc1ccc(N2C(=O)c3ccccc3N[C@H]2c2cc(C)[nH]c2C)cc1. The number of nitrogens with one attached hydrogen (secondary N) is 2. The predicted octanol–water partition coefficient (Wildman–Crippen LogP) is 4.80. The molecule has 5 nitrogen and oxygen atoms in total. The van der Waals surface area contributed by atoms with Crippen LogP contribution in [0, 0.1) is 13.8 Å². The molecule has 1 amide bonds. The molecule has 0 saturated carbocycles. The molecule has 4 rings (SSSR count). The number of benzene rings is 2. The van der Waals surface area contributed by atoms with Crippen LogP contribution in [0.3, 0.4) is 0 Å². The number of carbonyl (C=O) groups excluding carboxylic acids is 1. The number of aromatic amines is 1. The summed E-state index contributed by atoms with van der Waals surface area (Å²) in [6.45, 7) is 6.62. The van der Waals surface area contributed by atoms with Gasteiger partial charge in [-0.25, -0.2) is 0 Å². The number of fused-ring (bicyclic) bond motifs is 1. The van der Waals surface area contributed by atoms with Crippen molar-refractivity contribution in [3.05, 3.63) is 77.1 Å². The van der Waals surface area contributed by atoms with Crippen LogP contribution in [0.25, 0.3) is 0 Å². The highest BCUT2D eigenvalue weighted by molar-refractivity contribution is 6.12. The summed E-state index contributed by atoms with van der Waals surface area (Å²) in [5, 5.41) is 3.54. The number of hydrogen-bond donors (Lipinski definition) is 2. The summed E-state index contributed by atoms with van der Waals surface area (Å²) in [4.78, 5) is 18.5. The monoisotopic (exact) mass is 361 g/mol. The third-order valence-electron chi connectivity index (χ3n) is 4.84. The highest BCUT2D eigenvalue weighted by atomic mass is 16.5. The van der Waals surface area contributed by atoms with Crippen LogP contribution < -0.4 is 15.0 Å². The standard InChI is InChI=1S/C22H23N3O2/c1-4-27-17-11-9-16(10-12-17)25-21(19-13-14(2)23-15(19)3)24-20-8-6-5-7-18(20)22(25)26/h5-13,21,23-24H,4H2,1-3H3/t21-/m1/s1. The summed E-state index contributed by atoms with van der Waals surface area (Å²) >= 11 is 0. The van der Waals surface area contributed by atoms with Crippen LogP contribution >= 0.6 is 0 Å². The molecule has 0 bridgehead atoms. The van der Waals surface area contributed by atoms with E-state index in [2.05, 4.69) is 16.4 Å². The Kier molecular flexibility index (Phi) is 4.36. The zero-order valence-corrected chi connectivity index (χ0v) is 15.7. The molecule has 1 atom stereocenters. The topological polar surface area (TPSA) is 57.4 Å². The number of anilines is 2. The maximum Gasteiger partial charge on any atom is 0.262 e. The highest BCUT2D eigenvalue weighted by Gasteiger charge is 2.35. The smallest absolute Gasteiger partial charge is 0.262 e. The number of nitrogens with zero attached hydrogens (tertiary/aromatic N) is 1. The predicted molar refractivity (Wildman–Crippen MR) is 107 cm³/mol. The lowest BCUT2D eigenvalue weighted by molar-refractivity contribution is 0.0975. The van der Waals surface area contributed by atoms with Gasteiger partial charge in [0.05, 0.1) is 12.2 Å². The summed E-state index contributed by atoms with van der Waals surface area (Å²) < 4.78 is 5.54. The van der Waals surface area contributed by atoms with Crippen LogP contribution in [0.15, 0.2) is 54.6 Å². The van der Waals surface area contributed by atoms with E-state index in [0.717, 1.165) is 34.1 Å². The Labute approximate surface area is 159 Å². The van der Waals surface area contributed by atoms with Crippen molar-refractivity contribution < 1.29 is 9.53 Å². The van der Waals surface area contributed by atoms with Crippen molar-refractivity contribution in [3.63, 3.8) is 0 Å². The minimum atomic E-state index is -0.282. The van der Waals surface area contributed by atoms with Crippen LogP contribution in [-0.4, -0.2) is 17.5 Å². The molecule has 1 aliphatic heterocycles. The molecule has 138 valence electrons. The van der Waals surface area contributed by atoms with Gasteiger partial charge in [0, 0.05) is 28.3 Å². The molecule has 0 spiro atoms. The molecule has 0 unspecified atom stereocenters. The quantitative estimate of drug-likeness (QED) is 0.702. The van der Waals surface area contributed by atoms with Crippen LogP contribution in [0.5, 0.6) is 5.75 Å². The molecule has 0 saturated heterocycles. The van der Waals surface area contributed by atoms with E-state index in [0.29, 0.717) is 12.2 Å². The van der Waals surface area contributed by atoms with E-state index in [1.54, 1.807) is 0 Å². The number of carbonyl (C=O) groups is 1. The molecule has 0 radical (unpaired) electrons. The van der Waals surface area contributed by atoms with Gasteiger partial charge >= 0.3 is 0 Å². The fraction of sp³-hybridized carbons (Fsp3) is 0.227. The van der Waals surface area contributed by atoms with E-state index in [1.807, 2.05) is 74.2 Å². The largest absolute Gasteiger partial charge is 0.494 e. The molecular weight excluding hydrogens is 338 g/mol.